The molecule has 1 aliphatic rings. The first-order chi connectivity index (χ1) is 9.46. The molecule has 0 spiro atoms. The minimum absolute atomic E-state index is 0.0982. The average Bonchev–Trinajstić information content (AvgIpc) is 2.84. The molecule has 0 radical (unpaired) electrons. The highest BCUT2D eigenvalue weighted by molar-refractivity contribution is 7.90. The smallest absolute Gasteiger partial charge is 0.344 e. The fraction of sp³-hybridized carbons (Fsp3) is 0.231. The number of rotatable bonds is 2. The van der Waals surface area contributed by atoms with Gasteiger partial charge < -0.3 is 4.74 Å². The maximum absolute atomic E-state index is 12.0. The van der Waals surface area contributed by atoms with E-state index in [2.05, 4.69) is 5.10 Å². The summed E-state index contributed by atoms with van der Waals surface area (Å²) in [6, 6.07) is 8.53. The van der Waals surface area contributed by atoms with E-state index in [1.807, 2.05) is 0 Å². The number of hydrogen-bond donors (Lipinski definition) is 0. The van der Waals surface area contributed by atoms with Crippen LogP contribution in [0.5, 0.6) is 5.88 Å². The van der Waals surface area contributed by atoms with Crippen molar-refractivity contribution in [3.8, 4) is 5.88 Å². The van der Waals surface area contributed by atoms with E-state index in [4.69, 9.17) is 4.74 Å². The van der Waals surface area contributed by atoms with Crippen molar-refractivity contribution in [2.45, 2.75) is 11.5 Å². The van der Waals surface area contributed by atoms with Gasteiger partial charge in [-0.2, -0.15) is 5.10 Å². The Bertz CT molecular complexity index is 778. The molecule has 104 valence electrons. The van der Waals surface area contributed by atoms with E-state index in [0.717, 1.165) is 0 Å². The first-order valence-corrected chi connectivity index (χ1v) is 7.81. The second-order valence-electron chi connectivity index (χ2n) is 4.64. The second kappa shape index (κ2) is 4.45. The highest BCUT2D eigenvalue weighted by atomic mass is 32.2. The molecule has 0 amide bonds. The second-order valence-corrected chi connectivity index (χ2v) is 6.71. The Kier molecular flexibility index (Phi) is 2.86. The van der Waals surface area contributed by atoms with Gasteiger partial charge in [0.2, 0.25) is 5.88 Å². The molecule has 1 aromatic heterocycles. The van der Waals surface area contributed by atoms with E-state index in [-0.39, 0.29) is 17.4 Å². The molecule has 0 saturated heterocycles. The monoisotopic (exact) mass is 292 g/mol. The third-order valence-corrected chi connectivity index (χ3v) is 4.53. The normalized spacial score (nSPS) is 15.8. The Hall–Kier alpha value is -2.15. The summed E-state index contributed by atoms with van der Waals surface area (Å²) < 4.78 is 29.9. The number of aryl methyl sites for hydroxylation is 1. The van der Waals surface area contributed by atoms with Crippen LogP contribution < -0.4 is 4.74 Å². The Morgan fingerprint density at radius 1 is 1.25 bits per heavy atom. The van der Waals surface area contributed by atoms with Crippen molar-refractivity contribution in [1.82, 2.24) is 9.78 Å². The molecule has 0 bridgehead atoms. The fourth-order valence-corrected chi connectivity index (χ4v) is 3.68. The van der Waals surface area contributed by atoms with Gasteiger partial charge in [0.1, 0.15) is 0 Å². The number of nitrogens with zero attached hydrogens (tertiary/aromatic N) is 2. The van der Waals surface area contributed by atoms with Crippen molar-refractivity contribution in [3.05, 3.63) is 47.2 Å². The van der Waals surface area contributed by atoms with Crippen LogP contribution in [-0.4, -0.2) is 24.2 Å². The Balaban J connectivity index is 1.92. The van der Waals surface area contributed by atoms with E-state index in [1.54, 1.807) is 37.4 Å². The van der Waals surface area contributed by atoms with Crippen LogP contribution in [0, 0.1) is 0 Å². The van der Waals surface area contributed by atoms with Gasteiger partial charge in [0.25, 0.3) is 0 Å². The lowest BCUT2D eigenvalue weighted by Crippen LogP contribution is -2.12. The number of esters is 1. The van der Waals surface area contributed by atoms with Gasteiger partial charge in [-0.1, -0.05) is 18.2 Å². The predicted molar refractivity (Wildman–Crippen MR) is 70.9 cm³/mol. The van der Waals surface area contributed by atoms with Crippen LogP contribution in [0.15, 0.2) is 30.3 Å². The van der Waals surface area contributed by atoms with Crippen LogP contribution in [0.2, 0.25) is 0 Å². The maximum Gasteiger partial charge on any atom is 0.344 e. The third-order valence-electron chi connectivity index (χ3n) is 3.09. The highest BCUT2D eigenvalue weighted by Gasteiger charge is 2.33. The highest BCUT2D eigenvalue weighted by Crippen LogP contribution is 2.32. The van der Waals surface area contributed by atoms with E-state index < -0.39 is 15.8 Å². The minimum atomic E-state index is -3.17. The van der Waals surface area contributed by atoms with Crippen LogP contribution >= 0.6 is 0 Å². The third kappa shape index (κ3) is 2.20. The number of aromatic nitrogens is 2. The summed E-state index contributed by atoms with van der Waals surface area (Å²) in [5.41, 5.74) is 1.35. The number of ether oxygens (including phenoxy) is 1. The van der Waals surface area contributed by atoms with Gasteiger partial charge in [-0.25, -0.2) is 17.9 Å². The first-order valence-electron chi connectivity index (χ1n) is 5.99. The van der Waals surface area contributed by atoms with Crippen LogP contribution in [0.4, 0.5) is 0 Å². The summed E-state index contributed by atoms with van der Waals surface area (Å²) in [5, 5.41) is 4.09. The van der Waals surface area contributed by atoms with Gasteiger partial charge in [-0.05, 0) is 12.1 Å². The summed E-state index contributed by atoms with van der Waals surface area (Å²) in [6.45, 7) is 0. The van der Waals surface area contributed by atoms with Gasteiger partial charge in [-0.3, -0.25) is 0 Å². The molecule has 0 N–H and O–H groups in total. The summed E-state index contributed by atoms with van der Waals surface area (Å²) in [7, 11) is -1.55. The molecule has 3 rings (SSSR count). The molecule has 1 aromatic carbocycles. The molecule has 0 fully saturated rings. The molecular weight excluding hydrogens is 280 g/mol. The van der Waals surface area contributed by atoms with Gasteiger partial charge in [-0.15, -0.1) is 0 Å². The summed E-state index contributed by atoms with van der Waals surface area (Å²) >= 11 is 0. The van der Waals surface area contributed by atoms with Crippen molar-refractivity contribution in [3.63, 3.8) is 0 Å². The number of carbonyl (C=O) groups excluding carboxylic acids is 1. The van der Waals surface area contributed by atoms with Crippen molar-refractivity contribution in [1.29, 1.82) is 0 Å². The lowest BCUT2D eigenvalue weighted by atomic mass is 10.2. The Morgan fingerprint density at radius 3 is 2.65 bits per heavy atom. The summed E-state index contributed by atoms with van der Waals surface area (Å²) in [5.74, 6) is -0.553. The molecule has 0 saturated carbocycles. The van der Waals surface area contributed by atoms with Crippen LogP contribution in [0.1, 0.15) is 21.6 Å². The zero-order chi connectivity index (χ0) is 14.3. The molecule has 0 aliphatic carbocycles. The standard InChI is InChI=1S/C13H12N2O4S/c1-15-12(10-7-20(17,18)8-11(10)14-15)19-13(16)9-5-3-2-4-6-9/h2-6H,7-8H2,1H3. The number of benzene rings is 1. The summed E-state index contributed by atoms with van der Waals surface area (Å²) in [6.07, 6.45) is 0. The molecule has 0 unspecified atom stereocenters. The molecule has 7 heteroatoms. The quantitative estimate of drug-likeness (QED) is 0.774. The van der Waals surface area contributed by atoms with E-state index in [1.165, 1.54) is 4.68 Å². The van der Waals surface area contributed by atoms with Crippen LogP contribution in [0.25, 0.3) is 0 Å². The van der Waals surface area contributed by atoms with E-state index >= 15 is 0 Å². The van der Waals surface area contributed by atoms with Gasteiger partial charge in [0.15, 0.2) is 9.84 Å². The Labute approximate surface area is 115 Å². The lowest BCUT2D eigenvalue weighted by Gasteiger charge is -2.06. The predicted octanol–water partition coefficient (Wildman–Crippen LogP) is 1.07. The van der Waals surface area contributed by atoms with Crippen LogP contribution in [-0.2, 0) is 28.4 Å². The van der Waals surface area contributed by atoms with Crippen LogP contribution in [0.3, 0.4) is 0 Å². The van der Waals surface area contributed by atoms with E-state index in [0.29, 0.717) is 16.8 Å². The first kappa shape index (κ1) is 12.9. The largest absolute Gasteiger partial charge is 0.404 e. The minimum Gasteiger partial charge on any atom is -0.404 e. The molecule has 2 aromatic rings. The number of carbonyl (C=O) groups is 1. The SMILES string of the molecule is Cn1nc2c(c1OC(=O)c1ccccc1)CS(=O)(=O)C2. The maximum atomic E-state index is 12.0. The topological polar surface area (TPSA) is 78.3 Å². The molecule has 1 aliphatic heterocycles. The number of hydrogen-bond acceptors (Lipinski definition) is 5. The van der Waals surface area contributed by atoms with Crippen molar-refractivity contribution >= 4 is 15.8 Å². The molecule has 6 nitrogen and oxygen atoms in total. The van der Waals surface area contributed by atoms with Crippen molar-refractivity contribution in [2.75, 3.05) is 0 Å². The number of sulfone groups is 1. The molecule has 0 atom stereocenters. The number of fused-ring (bicyclic) bond motifs is 1. The Morgan fingerprint density at radius 2 is 1.95 bits per heavy atom. The fourth-order valence-electron chi connectivity index (χ4n) is 2.19. The van der Waals surface area contributed by atoms with Gasteiger partial charge in [0, 0.05) is 7.05 Å². The van der Waals surface area contributed by atoms with Crippen molar-refractivity contribution in [2.24, 2.45) is 7.05 Å². The average molecular weight is 292 g/mol. The van der Waals surface area contributed by atoms with E-state index in [9.17, 15) is 13.2 Å². The van der Waals surface area contributed by atoms with Crippen molar-refractivity contribution < 1.29 is 17.9 Å². The summed E-state index contributed by atoms with van der Waals surface area (Å²) in [4.78, 5) is 12.0. The molecular formula is C13H12N2O4S. The zero-order valence-corrected chi connectivity index (χ0v) is 11.6. The molecule has 2 heterocycles. The molecule has 20 heavy (non-hydrogen) atoms. The van der Waals surface area contributed by atoms with Gasteiger partial charge >= 0.3 is 5.97 Å². The van der Waals surface area contributed by atoms with Gasteiger partial charge in [0.05, 0.1) is 28.3 Å². The lowest BCUT2D eigenvalue weighted by molar-refractivity contribution is 0.0718. The zero-order valence-electron chi connectivity index (χ0n) is 10.7.